The molecule has 0 aliphatic rings. The molecule has 2 aromatic carbocycles. The highest BCUT2D eigenvalue weighted by atomic mass is 35.5. The number of fused-ring (bicyclic) bond motifs is 1. The number of halogens is 2. The standard InChI is InChI=1S/C18H14Cl2N2O2S/c1-2-8-22-17-14(20)9-12(19)10-15(17)25-18(22)21-16(23)11-24-13-6-4-3-5-7-13/h2-7,9-10H,1,8,11H2. The summed E-state index contributed by atoms with van der Waals surface area (Å²) in [5.74, 6) is 0.242. The number of carbonyl (C=O) groups excluding carboxylic acids is 1. The molecule has 0 N–H and O–H groups in total. The highest BCUT2D eigenvalue weighted by molar-refractivity contribution is 7.16. The van der Waals surface area contributed by atoms with Crippen LogP contribution in [0.1, 0.15) is 0 Å². The monoisotopic (exact) mass is 392 g/mol. The molecule has 3 rings (SSSR count). The maximum absolute atomic E-state index is 12.2. The first kappa shape index (κ1) is 17.7. The SMILES string of the molecule is C=CCn1c(=NC(=O)COc2ccccc2)sc2cc(Cl)cc(Cl)c21. The molecule has 0 bridgehead atoms. The van der Waals surface area contributed by atoms with Crippen LogP contribution in [0.3, 0.4) is 0 Å². The predicted molar refractivity (Wildman–Crippen MR) is 103 cm³/mol. The van der Waals surface area contributed by atoms with Crippen molar-refractivity contribution in [1.29, 1.82) is 0 Å². The number of rotatable bonds is 5. The molecular weight excluding hydrogens is 379 g/mol. The molecule has 7 heteroatoms. The number of allylic oxidation sites excluding steroid dienone is 1. The topological polar surface area (TPSA) is 43.6 Å². The summed E-state index contributed by atoms with van der Waals surface area (Å²) in [5, 5.41) is 1.05. The predicted octanol–water partition coefficient (Wildman–Crippen LogP) is 4.70. The Labute approximate surface area is 158 Å². The molecule has 1 aromatic heterocycles. The molecule has 0 saturated heterocycles. The zero-order valence-electron chi connectivity index (χ0n) is 13.1. The van der Waals surface area contributed by atoms with Crippen molar-refractivity contribution in [1.82, 2.24) is 4.57 Å². The minimum Gasteiger partial charge on any atom is -0.484 e. The van der Waals surface area contributed by atoms with Gasteiger partial charge in [0.25, 0.3) is 5.91 Å². The van der Waals surface area contributed by atoms with E-state index in [1.54, 1.807) is 30.3 Å². The van der Waals surface area contributed by atoms with E-state index < -0.39 is 0 Å². The minimum absolute atomic E-state index is 0.138. The van der Waals surface area contributed by atoms with Gasteiger partial charge in [-0.25, -0.2) is 0 Å². The van der Waals surface area contributed by atoms with Crippen LogP contribution in [0.15, 0.2) is 60.1 Å². The molecule has 0 atom stereocenters. The van der Waals surface area contributed by atoms with Crippen molar-refractivity contribution in [2.24, 2.45) is 4.99 Å². The fourth-order valence-corrected chi connectivity index (χ4v) is 4.15. The lowest BCUT2D eigenvalue weighted by Crippen LogP contribution is -2.19. The van der Waals surface area contributed by atoms with Crippen molar-refractivity contribution in [3.63, 3.8) is 0 Å². The van der Waals surface area contributed by atoms with Crippen molar-refractivity contribution < 1.29 is 9.53 Å². The van der Waals surface area contributed by atoms with Crippen LogP contribution in [-0.4, -0.2) is 17.1 Å². The second-order valence-electron chi connectivity index (χ2n) is 5.13. The number of aromatic nitrogens is 1. The summed E-state index contributed by atoms with van der Waals surface area (Å²) < 4.78 is 8.14. The van der Waals surface area contributed by atoms with Gasteiger partial charge in [0.1, 0.15) is 5.75 Å². The van der Waals surface area contributed by atoms with Gasteiger partial charge in [-0.2, -0.15) is 4.99 Å². The molecule has 128 valence electrons. The Morgan fingerprint density at radius 3 is 2.76 bits per heavy atom. The first-order valence-electron chi connectivity index (χ1n) is 7.43. The lowest BCUT2D eigenvalue weighted by Gasteiger charge is -2.04. The van der Waals surface area contributed by atoms with Crippen molar-refractivity contribution in [3.05, 3.63) is 70.0 Å². The van der Waals surface area contributed by atoms with Crippen LogP contribution in [-0.2, 0) is 11.3 Å². The van der Waals surface area contributed by atoms with Crippen LogP contribution in [0.2, 0.25) is 10.0 Å². The third-order valence-electron chi connectivity index (χ3n) is 3.33. The Kier molecular flexibility index (Phi) is 5.58. The van der Waals surface area contributed by atoms with E-state index in [2.05, 4.69) is 11.6 Å². The maximum Gasteiger partial charge on any atom is 0.286 e. The molecule has 4 nitrogen and oxygen atoms in total. The number of hydrogen-bond acceptors (Lipinski definition) is 3. The van der Waals surface area contributed by atoms with E-state index in [4.69, 9.17) is 27.9 Å². The molecule has 0 aliphatic carbocycles. The second kappa shape index (κ2) is 7.87. The number of ether oxygens (including phenoxy) is 1. The van der Waals surface area contributed by atoms with E-state index in [0.717, 1.165) is 10.2 Å². The van der Waals surface area contributed by atoms with E-state index in [-0.39, 0.29) is 12.5 Å². The van der Waals surface area contributed by atoms with Crippen LogP contribution in [0, 0.1) is 0 Å². The van der Waals surface area contributed by atoms with Crippen molar-refractivity contribution >= 4 is 50.7 Å². The lowest BCUT2D eigenvalue weighted by atomic mass is 10.3. The summed E-state index contributed by atoms with van der Waals surface area (Å²) in [7, 11) is 0. The third kappa shape index (κ3) is 4.12. The lowest BCUT2D eigenvalue weighted by molar-refractivity contribution is -0.120. The maximum atomic E-state index is 12.2. The molecule has 0 saturated carbocycles. The molecule has 0 aliphatic heterocycles. The van der Waals surface area contributed by atoms with Crippen LogP contribution in [0.5, 0.6) is 5.75 Å². The van der Waals surface area contributed by atoms with Crippen LogP contribution < -0.4 is 9.54 Å². The number of benzene rings is 2. The number of amides is 1. The van der Waals surface area contributed by atoms with E-state index in [1.165, 1.54) is 11.3 Å². The van der Waals surface area contributed by atoms with Crippen LogP contribution in [0.4, 0.5) is 0 Å². The largest absolute Gasteiger partial charge is 0.484 e. The zero-order valence-corrected chi connectivity index (χ0v) is 15.4. The van der Waals surface area contributed by atoms with Gasteiger partial charge in [-0.15, -0.1) is 6.58 Å². The van der Waals surface area contributed by atoms with Gasteiger partial charge in [-0.3, -0.25) is 4.79 Å². The quantitative estimate of drug-likeness (QED) is 0.590. The molecule has 3 aromatic rings. The Hall–Kier alpha value is -2.08. The Bertz CT molecular complexity index is 993. The van der Waals surface area contributed by atoms with Crippen molar-refractivity contribution in [2.75, 3.05) is 6.61 Å². The number of thiazole rings is 1. The molecule has 0 radical (unpaired) electrons. The average molecular weight is 393 g/mol. The van der Waals surface area contributed by atoms with Gasteiger partial charge in [-0.05, 0) is 24.3 Å². The van der Waals surface area contributed by atoms with Crippen molar-refractivity contribution in [3.8, 4) is 5.75 Å². The van der Waals surface area contributed by atoms with Gasteiger partial charge >= 0.3 is 0 Å². The molecule has 0 unspecified atom stereocenters. The number of carbonyl (C=O) groups is 1. The highest BCUT2D eigenvalue weighted by Crippen LogP contribution is 2.29. The fourth-order valence-electron chi connectivity index (χ4n) is 2.31. The molecular formula is C18H14Cl2N2O2S. The van der Waals surface area contributed by atoms with Crippen molar-refractivity contribution in [2.45, 2.75) is 6.54 Å². The number of hydrogen-bond donors (Lipinski definition) is 0. The van der Waals surface area contributed by atoms with Gasteiger partial charge in [-0.1, -0.05) is 58.8 Å². The summed E-state index contributed by atoms with van der Waals surface area (Å²) in [6.07, 6.45) is 1.72. The molecule has 0 spiro atoms. The van der Waals surface area contributed by atoms with Crippen LogP contribution in [0.25, 0.3) is 10.2 Å². The van der Waals surface area contributed by atoms with E-state index in [9.17, 15) is 4.79 Å². The van der Waals surface area contributed by atoms with Gasteiger partial charge in [0, 0.05) is 11.6 Å². The average Bonchev–Trinajstić information content (AvgIpc) is 2.91. The Morgan fingerprint density at radius 2 is 2.04 bits per heavy atom. The molecule has 1 heterocycles. The summed E-state index contributed by atoms with van der Waals surface area (Å²) in [6.45, 7) is 4.09. The second-order valence-corrected chi connectivity index (χ2v) is 6.98. The van der Waals surface area contributed by atoms with Crippen LogP contribution >= 0.6 is 34.5 Å². The number of nitrogens with zero attached hydrogens (tertiary/aromatic N) is 2. The summed E-state index contributed by atoms with van der Waals surface area (Å²) >= 11 is 13.7. The smallest absolute Gasteiger partial charge is 0.286 e. The highest BCUT2D eigenvalue weighted by Gasteiger charge is 2.12. The van der Waals surface area contributed by atoms with E-state index >= 15 is 0 Å². The minimum atomic E-state index is -0.379. The van der Waals surface area contributed by atoms with E-state index in [1.807, 2.05) is 22.8 Å². The van der Waals surface area contributed by atoms with Gasteiger partial charge in [0.15, 0.2) is 11.4 Å². The Morgan fingerprint density at radius 1 is 1.28 bits per heavy atom. The van der Waals surface area contributed by atoms with Gasteiger partial charge < -0.3 is 9.30 Å². The third-order valence-corrected chi connectivity index (χ3v) is 4.86. The summed E-state index contributed by atoms with van der Waals surface area (Å²) in [6, 6.07) is 12.6. The normalized spacial score (nSPS) is 11.7. The first-order chi connectivity index (χ1) is 12.1. The van der Waals surface area contributed by atoms with Gasteiger partial charge in [0.2, 0.25) is 0 Å². The number of para-hydroxylation sites is 1. The van der Waals surface area contributed by atoms with Gasteiger partial charge in [0.05, 0.1) is 15.2 Å². The molecule has 0 fully saturated rings. The summed E-state index contributed by atoms with van der Waals surface area (Å²) in [5.41, 5.74) is 0.784. The zero-order chi connectivity index (χ0) is 17.8. The molecule has 25 heavy (non-hydrogen) atoms. The summed E-state index contributed by atoms with van der Waals surface area (Å²) in [4.78, 5) is 16.9. The van der Waals surface area contributed by atoms with E-state index in [0.29, 0.717) is 27.1 Å². The molecule has 1 amide bonds. The first-order valence-corrected chi connectivity index (χ1v) is 9.00. The Balaban J connectivity index is 1.94. The fraction of sp³-hybridized carbons (Fsp3) is 0.111.